The maximum atomic E-state index is 12.6. The first kappa shape index (κ1) is 16.3. The Morgan fingerprint density at radius 3 is 2.65 bits per heavy atom. The molecular weight excluding hydrogens is 273 g/mol. The van der Waals surface area contributed by atoms with Gasteiger partial charge in [-0.25, -0.2) is 0 Å². The number of hydrogen-bond acceptors (Lipinski definition) is 3. The van der Waals surface area contributed by atoms with Gasteiger partial charge in [0.05, 0.1) is 11.7 Å². The summed E-state index contributed by atoms with van der Waals surface area (Å²) >= 11 is 0. The number of hydrogen-bond donors (Lipinski definition) is 2. The highest BCUT2D eigenvalue weighted by Gasteiger charge is 2.33. The van der Waals surface area contributed by atoms with Gasteiger partial charge in [-0.3, -0.25) is 4.79 Å². The Morgan fingerprint density at radius 1 is 1.45 bits per heavy atom. The van der Waals surface area contributed by atoms with Crippen molar-refractivity contribution in [2.45, 2.75) is 32.5 Å². The second kappa shape index (κ2) is 6.60. The normalized spacial score (nSPS) is 13.1. The van der Waals surface area contributed by atoms with E-state index in [0.29, 0.717) is 0 Å². The highest BCUT2D eigenvalue weighted by Crippen LogP contribution is 2.35. The summed E-state index contributed by atoms with van der Waals surface area (Å²) in [5.41, 5.74) is 3.94. The van der Waals surface area contributed by atoms with E-state index in [0.717, 1.165) is 18.6 Å². The van der Waals surface area contributed by atoms with Gasteiger partial charge < -0.3 is 15.8 Å². The van der Waals surface area contributed by atoms with E-state index in [2.05, 4.69) is 5.32 Å². The number of nitrogens with two attached hydrogens (primary N) is 1. The lowest BCUT2D eigenvalue weighted by Crippen LogP contribution is -2.22. The first-order chi connectivity index (χ1) is 9.24. The number of alkyl halides is 3. The molecule has 0 aliphatic heterocycles. The van der Waals surface area contributed by atoms with Crippen LogP contribution >= 0.6 is 0 Å². The van der Waals surface area contributed by atoms with Crippen LogP contribution in [0, 0.1) is 0 Å². The molecule has 1 rings (SSSR count). The predicted molar refractivity (Wildman–Crippen MR) is 70.2 cm³/mol. The Hall–Kier alpha value is -1.76. The van der Waals surface area contributed by atoms with Gasteiger partial charge in [-0.15, -0.1) is 0 Å². The molecule has 1 unspecified atom stereocenters. The van der Waals surface area contributed by atoms with Crippen molar-refractivity contribution in [2.24, 2.45) is 0 Å². The summed E-state index contributed by atoms with van der Waals surface area (Å²) in [6, 6.07) is 3.22. The molecule has 1 aromatic rings. The van der Waals surface area contributed by atoms with Gasteiger partial charge in [0.2, 0.25) is 5.91 Å². The van der Waals surface area contributed by atoms with Crippen LogP contribution < -0.4 is 11.1 Å². The average Bonchev–Trinajstić information content (AvgIpc) is 2.37. The Morgan fingerprint density at radius 2 is 2.10 bits per heavy atom. The van der Waals surface area contributed by atoms with Crippen LogP contribution in [0.4, 0.5) is 24.5 Å². The molecule has 1 amide bonds. The molecule has 0 fully saturated rings. The van der Waals surface area contributed by atoms with Crippen molar-refractivity contribution in [2.75, 3.05) is 17.7 Å². The minimum absolute atomic E-state index is 0.0317. The van der Waals surface area contributed by atoms with Gasteiger partial charge in [0.1, 0.15) is 6.61 Å². The first-order valence-electron chi connectivity index (χ1n) is 6.12. The van der Waals surface area contributed by atoms with Crippen molar-refractivity contribution in [1.82, 2.24) is 0 Å². The van der Waals surface area contributed by atoms with Crippen LogP contribution in [0.25, 0.3) is 0 Å². The number of carbonyl (C=O) groups is 1. The van der Waals surface area contributed by atoms with E-state index in [1.54, 1.807) is 6.92 Å². The maximum absolute atomic E-state index is 12.6. The summed E-state index contributed by atoms with van der Waals surface area (Å²) in [5, 5.41) is 2.34. The minimum atomic E-state index is -4.56. The number of carbonyl (C=O) groups excluding carboxylic acids is 1. The van der Waals surface area contributed by atoms with Crippen molar-refractivity contribution >= 4 is 17.3 Å². The number of anilines is 2. The van der Waals surface area contributed by atoms with Crippen LogP contribution in [0.2, 0.25) is 0 Å². The average molecular weight is 290 g/mol. The molecule has 0 aromatic heterocycles. The minimum Gasteiger partial charge on any atom is -0.398 e. The topological polar surface area (TPSA) is 64.3 Å². The van der Waals surface area contributed by atoms with Gasteiger partial charge in [0.15, 0.2) is 0 Å². The fourth-order valence-corrected chi connectivity index (χ4v) is 1.41. The number of amides is 1. The van der Waals surface area contributed by atoms with Crippen LogP contribution in [-0.2, 0) is 15.7 Å². The zero-order chi connectivity index (χ0) is 15.3. The van der Waals surface area contributed by atoms with Crippen molar-refractivity contribution in [3.8, 4) is 0 Å². The fourth-order valence-electron chi connectivity index (χ4n) is 1.41. The van der Waals surface area contributed by atoms with Gasteiger partial charge in [0.25, 0.3) is 0 Å². The second-order valence-electron chi connectivity index (χ2n) is 4.38. The van der Waals surface area contributed by atoms with Crippen molar-refractivity contribution in [3.05, 3.63) is 23.8 Å². The second-order valence-corrected chi connectivity index (χ2v) is 4.38. The van der Waals surface area contributed by atoms with E-state index < -0.39 is 17.6 Å². The monoisotopic (exact) mass is 290 g/mol. The summed E-state index contributed by atoms with van der Waals surface area (Å²) in [6.45, 7) is 3.50. The molecule has 0 aliphatic rings. The quantitative estimate of drug-likeness (QED) is 0.819. The molecule has 20 heavy (non-hydrogen) atoms. The standard InChI is InChI=1S/C13H17F3N2O2/c1-3-8(2)20-7-12(19)18-9-4-5-11(17)10(6-9)13(14,15)16/h4-6,8H,3,7,17H2,1-2H3,(H,18,19). The molecule has 1 atom stereocenters. The Balaban J connectivity index is 2.71. The van der Waals surface area contributed by atoms with Gasteiger partial charge in [-0.1, -0.05) is 6.92 Å². The molecule has 0 bridgehead atoms. The molecule has 0 saturated carbocycles. The van der Waals surface area contributed by atoms with Gasteiger partial charge in [0, 0.05) is 11.4 Å². The van der Waals surface area contributed by atoms with Crippen LogP contribution in [0.15, 0.2) is 18.2 Å². The van der Waals surface area contributed by atoms with Gasteiger partial charge in [-0.2, -0.15) is 13.2 Å². The number of nitrogen functional groups attached to an aromatic ring is 1. The molecule has 0 aliphatic carbocycles. The highest BCUT2D eigenvalue weighted by molar-refractivity contribution is 5.92. The SMILES string of the molecule is CCC(C)OCC(=O)Nc1ccc(N)c(C(F)(F)F)c1. The zero-order valence-electron chi connectivity index (χ0n) is 11.3. The smallest absolute Gasteiger partial charge is 0.398 e. The molecule has 0 heterocycles. The molecule has 112 valence electrons. The summed E-state index contributed by atoms with van der Waals surface area (Å²) < 4.78 is 43.1. The van der Waals surface area contributed by atoms with E-state index >= 15 is 0 Å². The maximum Gasteiger partial charge on any atom is 0.418 e. The summed E-state index contributed by atoms with van der Waals surface area (Å²) in [4.78, 5) is 11.5. The third-order valence-electron chi connectivity index (χ3n) is 2.72. The molecule has 0 spiro atoms. The number of nitrogens with one attached hydrogen (secondary N) is 1. The lowest BCUT2D eigenvalue weighted by atomic mass is 10.1. The molecule has 1 aromatic carbocycles. The van der Waals surface area contributed by atoms with Gasteiger partial charge in [-0.05, 0) is 31.5 Å². The Kier molecular flexibility index (Phi) is 5.38. The molecule has 0 saturated heterocycles. The van der Waals surface area contributed by atoms with Crippen LogP contribution in [0.1, 0.15) is 25.8 Å². The number of rotatable bonds is 5. The van der Waals surface area contributed by atoms with Gasteiger partial charge >= 0.3 is 6.18 Å². The molecule has 3 N–H and O–H groups in total. The van der Waals surface area contributed by atoms with E-state index in [9.17, 15) is 18.0 Å². The predicted octanol–water partition coefficient (Wildman–Crippen LogP) is 3.04. The van der Waals surface area contributed by atoms with E-state index in [1.807, 2.05) is 6.92 Å². The summed E-state index contributed by atoms with van der Waals surface area (Å²) in [6.07, 6.45) is -3.90. The zero-order valence-corrected chi connectivity index (χ0v) is 11.3. The summed E-state index contributed by atoms with van der Waals surface area (Å²) in [7, 11) is 0. The molecule has 7 heteroatoms. The number of halogens is 3. The van der Waals surface area contributed by atoms with Crippen molar-refractivity contribution in [1.29, 1.82) is 0 Å². The molecule has 0 radical (unpaired) electrons. The summed E-state index contributed by atoms with van der Waals surface area (Å²) in [5.74, 6) is -0.511. The third kappa shape index (κ3) is 4.73. The number of ether oxygens (including phenoxy) is 1. The third-order valence-corrected chi connectivity index (χ3v) is 2.72. The van der Waals surface area contributed by atoms with E-state index in [4.69, 9.17) is 10.5 Å². The first-order valence-corrected chi connectivity index (χ1v) is 6.12. The highest BCUT2D eigenvalue weighted by atomic mass is 19.4. The lowest BCUT2D eigenvalue weighted by Gasteiger charge is -2.13. The largest absolute Gasteiger partial charge is 0.418 e. The van der Waals surface area contributed by atoms with Crippen LogP contribution in [-0.4, -0.2) is 18.6 Å². The molecular formula is C13H17F3N2O2. The van der Waals surface area contributed by atoms with E-state index in [-0.39, 0.29) is 24.1 Å². The Labute approximate surface area is 115 Å². The lowest BCUT2D eigenvalue weighted by molar-refractivity contribution is -0.137. The van der Waals surface area contributed by atoms with Crippen LogP contribution in [0.5, 0.6) is 0 Å². The van der Waals surface area contributed by atoms with E-state index in [1.165, 1.54) is 6.07 Å². The fraction of sp³-hybridized carbons (Fsp3) is 0.462. The Bertz CT molecular complexity index is 475. The van der Waals surface area contributed by atoms with Crippen molar-refractivity contribution < 1.29 is 22.7 Å². The molecule has 4 nitrogen and oxygen atoms in total. The number of benzene rings is 1. The van der Waals surface area contributed by atoms with Crippen LogP contribution in [0.3, 0.4) is 0 Å². The van der Waals surface area contributed by atoms with Crippen molar-refractivity contribution in [3.63, 3.8) is 0 Å².